The molecule has 0 saturated carbocycles. The second-order valence-corrected chi connectivity index (χ2v) is 8.93. The number of carbonyl (C=O) groups excluding carboxylic acids is 3. The van der Waals surface area contributed by atoms with Crippen LogP contribution in [-0.2, 0) is 19.6 Å². The van der Waals surface area contributed by atoms with Crippen molar-refractivity contribution >= 4 is 45.2 Å². The Morgan fingerprint density at radius 3 is 2.62 bits per heavy atom. The second-order valence-electron chi connectivity index (χ2n) is 6.66. The topological polar surface area (TPSA) is 113 Å². The molecule has 0 atom stereocenters. The first-order chi connectivity index (χ1) is 15.3. The van der Waals surface area contributed by atoms with Crippen LogP contribution in [0.2, 0.25) is 5.02 Å². The van der Waals surface area contributed by atoms with E-state index in [9.17, 15) is 22.8 Å². The van der Waals surface area contributed by atoms with Crippen LogP contribution in [0.25, 0.3) is 0 Å². The van der Waals surface area contributed by atoms with E-state index in [4.69, 9.17) is 16.3 Å². The van der Waals surface area contributed by atoms with Gasteiger partial charge in [0.25, 0.3) is 15.9 Å². The Morgan fingerprint density at radius 2 is 1.97 bits per heavy atom. The number of amides is 3. The molecule has 1 heterocycles. The predicted octanol–water partition coefficient (Wildman–Crippen LogP) is 2.43. The van der Waals surface area contributed by atoms with Crippen molar-refractivity contribution in [2.24, 2.45) is 0 Å². The monoisotopic (exact) mass is 477 g/mol. The highest BCUT2D eigenvalue weighted by molar-refractivity contribution is 7.92. The molecule has 3 amide bonds. The van der Waals surface area contributed by atoms with Crippen LogP contribution in [0.3, 0.4) is 0 Å². The largest absolute Gasteiger partial charge is 0.452 e. The third-order valence-corrected chi connectivity index (χ3v) is 6.65. The summed E-state index contributed by atoms with van der Waals surface area (Å²) in [5, 5.41) is 2.70. The SMILES string of the molecule is C=CCN(c1ccccc1Cl)S(=O)(=O)c1cccc(C(=O)OCC(=O)N2CCNC2=O)c1. The molecule has 0 radical (unpaired) electrons. The summed E-state index contributed by atoms with van der Waals surface area (Å²) in [6.45, 7) is 3.41. The maximum Gasteiger partial charge on any atom is 0.338 e. The van der Waals surface area contributed by atoms with Crippen molar-refractivity contribution in [2.45, 2.75) is 4.90 Å². The molecule has 2 aromatic rings. The molecule has 0 aliphatic carbocycles. The average Bonchev–Trinajstić information content (AvgIpc) is 3.22. The van der Waals surface area contributed by atoms with Gasteiger partial charge in [-0.05, 0) is 30.3 Å². The third kappa shape index (κ3) is 4.92. The van der Waals surface area contributed by atoms with E-state index in [2.05, 4.69) is 11.9 Å². The Bertz CT molecular complexity index is 1170. The molecular weight excluding hydrogens is 458 g/mol. The van der Waals surface area contributed by atoms with Crippen LogP contribution in [-0.4, -0.2) is 57.5 Å². The molecule has 32 heavy (non-hydrogen) atoms. The van der Waals surface area contributed by atoms with Crippen LogP contribution in [0.1, 0.15) is 10.4 Å². The van der Waals surface area contributed by atoms with E-state index >= 15 is 0 Å². The van der Waals surface area contributed by atoms with Crippen molar-refractivity contribution in [3.8, 4) is 0 Å². The molecule has 11 heteroatoms. The summed E-state index contributed by atoms with van der Waals surface area (Å²) in [4.78, 5) is 36.7. The van der Waals surface area contributed by atoms with Crippen LogP contribution in [0.15, 0.2) is 66.1 Å². The van der Waals surface area contributed by atoms with Crippen LogP contribution < -0.4 is 9.62 Å². The molecule has 1 N–H and O–H groups in total. The normalized spacial score (nSPS) is 13.4. The van der Waals surface area contributed by atoms with E-state index in [0.717, 1.165) is 15.3 Å². The van der Waals surface area contributed by atoms with Crippen LogP contribution >= 0.6 is 11.6 Å². The summed E-state index contributed by atoms with van der Waals surface area (Å²) in [6, 6.07) is 11.1. The number of anilines is 1. The number of sulfonamides is 1. The van der Waals surface area contributed by atoms with Gasteiger partial charge >= 0.3 is 12.0 Å². The molecule has 0 unspecified atom stereocenters. The smallest absolute Gasteiger partial charge is 0.338 e. The zero-order chi connectivity index (χ0) is 23.3. The van der Waals surface area contributed by atoms with Crippen molar-refractivity contribution in [2.75, 3.05) is 30.5 Å². The second kappa shape index (κ2) is 9.84. The number of hydrogen-bond acceptors (Lipinski definition) is 6. The van der Waals surface area contributed by atoms with Crippen LogP contribution in [0.5, 0.6) is 0 Å². The van der Waals surface area contributed by atoms with E-state index in [1.54, 1.807) is 24.3 Å². The number of para-hydroxylation sites is 1. The van der Waals surface area contributed by atoms with Crippen LogP contribution in [0.4, 0.5) is 10.5 Å². The van der Waals surface area contributed by atoms with E-state index in [0.29, 0.717) is 6.54 Å². The Morgan fingerprint density at radius 1 is 1.22 bits per heavy atom. The van der Waals surface area contributed by atoms with Crippen molar-refractivity contribution in [3.05, 3.63) is 71.8 Å². The van der Waals surface area contributed by atoms with E-state index in [-0.39, 0.29) is 34.3 Å². The van der Waals surface area contributed by atoms with E-state index in [1.807, 2.05) is 0 Å². The van der Waals surface area contributed by atoms with Gasteiger partial charge in [0.15, 0.2) is 6.61 Å². The standard InChI is InChI=1S/C21H20ClN3O6S/c1-2-11-25(18-9-4-3-8-17(18)22)32(29,30)16-7-5-6-15(13-16)20(27)31-14-19(26)24-12-10-23-21(24)28/h2-9,13H,1,10-12,14H2,(H,23,28). The van der Waals surface area contributed by atoms with E-state index in [1.165, 1.54) is 24.3 Å². The van der Waals surface area contributed by atoms with Gasteiger partial charge in [0.2, 0.25) is 0 Å². The number of nitrogens with one attached hydrogen (secondary N) is 1. The number of nitrogens with zero attached hydrogens (tertiary/aromatic N) is 2. The molecule has 3 rings (SSSR count). The van der Waals surface area contributed by atoms with Gasteiger partial charge in [-0.3, -0.25) is 14.0 Å². The molecule has 2 aromatic carbocycles. The zero-order valence-corrected chi connectivity index (χ0v) is 18.4. The van der Waals surface area contributed by atoms with Gasteiger partial charge in [-0.25, -0.2) is 18.0 Å². The summed E-state index contributed by atoms with van der Waals surface area (Å²) in [5.41, 5.74) is 0.194. The number of hydrogen-bond donors (Lipinski definition) is 1. The molecule has 1 aliphatic heterocycles. The number of benzene rings is 2. The van der Waals surface area contributed by atoms with Gasteiger partial charge < -0.3 is 10.1 Å². The fourth-order valence-corrected chi connectivity index (χ4v) is 4.79. The molecular formula is C21H20ClN3O6S. The van der Waals surface area contributed by atoms with Gasteiger partial charge in [0, 0.05) is 13.1 Å². The number of esters is 1. The van der Waals surface area contributed by atoms with Crippen molar-refractivity contribution < 1.29 is 27.5 Å². The van der Waals surface area contributed by atoms with Crippen LogP contribution in [0, 0.1) is 0 Å². The highest BCUT2D eigenvalue weighted by atomic mass is 35.5. The lowest BCUT2D eigenvalue weighted by Crippen LogP contribution is -2.37. The van der Waals surface area contributed by atoms with Gasteiger partial charge in [-0.2, -0.15) is 0 Å². The van der Waals surface area contributed by atoms with Gasteiger partial charge in [-0.15, -0.1) is 6.58 Å². The maximum absolute atomic E-state index is 13.3. The molecule has 1 fully saturated rings. The summed E-state index contributed by atoms with van der Waals surface area (Å²) in [6.07, 6.45) is 1.42. The molecule has 168 valence electrons. The minimum Gasteiger partial charge on any atom is -0.452 e. The predicted molar refractivity (Wildman–Crippen MR) is 118 cm³/mol. The molecule has 9 nitrogen and oxygen atoms in total. The Kier molecular flexibility index (Phi) is 7.16. The zero-order valence-electron chi connectivity index (χ0n) is 16.9. The minimum absolute atomic E-state index is 0.0485. The molecule has 0 aromatic heterocycles. The summed E-state index contributed by atoms with van der Waals surface area (Å²) in [5.74, 6) is -1.57. The van der Waals surface area contributed by atoms with Gasteiger partial charge in [0.1, 0.15) is 0 Å². The maximum atomic E-state index is 13.3. The Labute approximate surface area is 190 Å². The Hall–Kier alpha value is -3.37. The van der Waals surface area contributed by atoms with E-state index < -0.39 is 34.5 Å². The number of imide groups is 1. The number of halogens is 1. The number of ether oxygens (including phenoxy) is 1. The number of carbonyl (C=O) groups is 3. The van der Waals surface area contributed by atoms with Gasteiger partial charge in [0.05, 0.1) is 27.7 Å². The summed E-state index contributed by atoms with van der Waals surface area (Å²) >= 11 is 6.19. The first kappa shape index (κ1) is 23.3. The molecule has 1 aliphatic rings. The lowest BCUT2D eigenvalue weighted by molar-refractivity contribution is -0.130. The molecule has 0 spiro atoms. The first-order valence-electron chi connectivity index (χ1n) is 9.49. The third-order valence-electron chi connectivity index (χ3n) is 4.56. The summed E-state index contributed by atoms with van der Waals surface area (Å²) < 4.78 is 32.6. The van der Waals surface area contributed by atoms with Crippen molar-refractivity contribution in [1.82, 2.24) is 10.2 Å². The fraction of sp³-hybridized carbons (Fsp3) is 0.190. The first-order valence-corrected chi connectivity index (χ1v) is 11.3. The minimum atomic E-state index is -4.10. The lowest BCUT2D eigenvalue weighted by atomic mass is 10.2. The lowest BCUT2D eigenvalue weighted by Gasteiger charge is -2.24. The van der Waals surface area contributed by atoms with Gasteiger partial charge in [-0.1, -0.05) is 35.9 Å². The molecule has 0 bridgehead atoms. The highest BCUT2D eigenvalue weighted by Crippen LogP contribution is 2.30. The highest BCUT2D eigenvalue weighted by Gasteiger charge is 2.28. The fourth-order valence-electron chi connectivity index (χ4n) is 3.01. The van der Waals surface area contributed by atoms with Crippen molar-refractivity contribution in [1.29, 1.82) is 0 Å². The number of urea groups is 1. The Balaban J connectivity index is 1.81. The summed E-state index contributed by atoms with van der Waals surface area (Å²) in [7, 11) is -4.10. The quantitative estimate of drug-likeness (QED) is 0.461. The average molecular weight is 478 g/mol. The number of rotatable bonds is 8. The molecule has 1 saturated heterocycles. The van der Waals surface area contributed by atoms with Crippen molar-refractivity contribution in [3.63, 3.8) is 0 Å².